The summed E-state index contributed by atoms with van der Waals surface area (Å²) in [6.45, 7) is 2.40. The lowest BCUT2D eigenvalue weighted by molar-refractivity contribution is -0.123. The second-order valence-corrected chi connectivity index (χ2v) is 3.47. The number of carbonyl (C=O) groups excluding carboxylic acids is 2. The molecule has 1 fully saturated rings. The first kappa shape index (κ1) is 10.9. The number of nitrogens with one attached hydrogen (secondary N) is 1. The second-order valence-electron chi connectivity index (χ2n) is 3.47. The number of hydrogen-bond donors (Lipinski definition) is 3. The molecule has 6 heteroatoms. The summed E-state index contributed by atoms with van der Waals surface area (Å²) in [7, 11) is 0. The van der Waals surface area contributed by atoms with E-state index in [9.17, 15) is 9.59 Å². The van der Waals surface area contributed by atoms with Crippen LogP contribution in [-0.4, -0.2) is 48.9 Å². The fraction of sp³-hybridized carbons (Fsp3) is 0.750. The summed E-state index contributed by atoms with van der Waals surface area (Å²) < 4.78 is 0. The van der Waals surface area contributed by atoms with Gasteiger partial charge >= 0.3 is 0 Å². The van der Waals surface area contributed by atoms with Crippen molar-refractivity contribution in [3.8, 4) is 0 Å². The predicted octanol–water partition coefficient (Wildman–Crippen LogP) is -2.38. The van der Waals surface area contributed by atoms with Gasteiger partial charge < -0.3 is 16.8 Å². The Labute approximate surface area is 82.6 Å². The molecule has 0 aromatic rings. The Hall–Kier alpha value is -1.14. The third-order valence-electron chi connectivity index (χ3n) is 2.27. The van der Waals surface area contributed by atoms with Gasteiger partial charge in [-0.3, -0.25) is 14.5 Å². The van der Waals surface area contributed by atoms with Crippen molar-refractivity contribution in [1.82, 2.24) is 10.2 Å². The molecule has 1 aliphatic rings. The first-order chi connectivity index (χ1) is 6.59. The van der Waals surface area contributed by atoms with Gasteiger partial charge in [0.15, 0.2) is 0 Å². The molecule has 0 bridgehead atoms. The second kappa shape index (κ2) is 4.92. The van der Waals surface area contributed by atoms with E-state index in [0.717, 1.165) is 13.1 Å². The van der Waals surface area contributed by atoms with E-state index in [1.165, 1.54) is 0 Å². The number of primary amides is 2. The summed E-state index contributed by atoms with van der Waals surface area (Å²) >= 11 is 0. The van der Waals surface area contributed by atoms with E-state index in [2.05, 4.69) is 5.32 Å². The van der Waals surface area contributed by atoms with E-state index in [1.807, 2.05) is 4.90 Å². The molecule has 1 saturated heterocycles. The maximum absolute atomic E-state index is 10.8. The van der Waals surface area contributed by atoms with Gasteiger partial charge in [-0.2, -0.15) is 0 Å². The number of amides is 2. The van der Waals surface area contributed by atoms with Crippen molar-refractivity contribution in [3.05, 3.63) is 0 Å². The molecular formula is C8H16N4O2. The van der Waals surface area contributed by atoms with Gasteiger partial charge in [0, 0.05) is 32.1 Å². The van der Waals surface area contributed by atoms with Crippen LogP contribution in [-0.2, 0) is 9.59 Å². The smallest absolute Gasteiger partial charge is 0.231 e. The first-order valence-electron chi connectivity index (χ1n) is 4.61. The number of nitrogens with zero attached hydrogens (tertiary/aromatic N) is 1. The van der Waals surface area contributed by atoms with Crippen LogP contribution in [0.15, 0.2) is 0 Å². The van der Waals surface area contributed by atoms with Crippen LogP contribution >= 0.6 is 0 Å². The van der Waals surface area contributed by atoms with Crippen LogP contribution < -0.4 is 16.8 Å². The molecule has 14 heavy (non-hydrogen) atoms. The summed E-state index contributed by atoms with van der Waals surface area (Å²) in [4.78, 5) is 23.4. The maximum Gasteiger partial charge on any atom is 0.231 e. The monoisotopic (exact) mass is 200 g/mol. The van der Waals surface area contributed by atoms with Crippen molar-refractivity contribution >= 4 is 11.8 Å². The standard InChI is InChI=1S/C8H16N4O2/c9-7(13)3-6-4-11-1-2-12(6)5-8(10)14/h6,11H,1-5H2,(H2,9,13)(H2,10,14). The zero-order valence-electron chi connectivity index (χ0n) is 8.03. The minimum absolute atomic E-state index is 0.00579. The van der Waals surface area contributed by atoms with Crippen molar-refractivity contribution in [2.24, 2.45) is 11.5 Å². The third-order valence-corrected chi connectivity index (χ3v) is 2.27. The van der Waals surface area contributed by atoms with E-state index >= 15 is 0 Å². The molecule has 1 heterocycles. The van der Waals surface area contributed by atoms with Crippen LogP contribution in [0.2, 0.25) is 0 Å². The molecule has 2 amide bonds. The molecule has 1 unspecified atom stereocenters. The van der Waals surface area contributed by atoms with Crippen LogP contribution in [0, 0.1) is 0 Å². The summed E-state index contributed by atoms with van der Waals surface area (Å²) in [6.07, 6.45) is 0.264. The van der Waals surface area contributed by atoms with Gasteiger partial charge in [-0.05, 0) is 0 Å². The molecule has 80 valence electrons. The minimum Gasteiger partial charge on any atom is -0.370 e. The first-order valence-corrected chi connectivity index (χ1v) is 4.61. The molecule has 0 aromatic heterocycles. The largest absolute Gasteiger partial charge is 0.370 e. The van der Waals surface area contributed by atoms with Crippen LogP contribution in [0.25, 0.3) is 0 Å². The predicted molar refractivity (Wildman–Crippen MR) is 51.2 cm³/mol. The Morgan fingerprint density at radius 1 is 1.36 bits per heavy atom. The van der Waals surface area contributed by atoms with Crippen molar-refractivity contribution in [2.75, 3.05) is 26.2 Å². The summed E-state index contributed by atoms with van der Waals surface area (Å²) in [6, 6.07) is -0.00579. The van der Waals surface area contributed by atoms with E-state index in [4.69, 9.17) is 11.5 Å². The minimum atomic E-state index is -0.374. The lowest BCUT2D eigenvalue weighted by Gasteiger charge is -2.34. The molecule has 0 spiro atoms. The van der Waals surface area contributed by atoms with Gasteiger partial charge in [-0.1, -0.05) is 0 Å². The highest BCUT2D eigenvalue weighted by Crippen LogP contribution is 2.05. The van der Waals surface area contributed by atoms with E-state index in [1.54, 1.807) is 0 Å². The Kier molecular flexibility index (Phi) is 3.84. The van der Waals surface area contributed by atoms with Crippen LogP contribution in [0.4, 0.5) is 0 Å². The Morgan fingerprint density at radius 3 is 2.64 bits per heavy atom. The molecule has 6 nitrogen and oxygen atoms in total. The molecular weight excluding hydrogens is 184 g/mol. The summed E-state index contributed by atoms with van der Waals surface area (Å²) in [5.74, 6) is -0.727. The van der Waals surface area contributed by atoms with E-state index in [-0.39, 0.29) is 30.8 Å². The number of rotatable bonds is 4. The molecule has 1 aliphatic heterocycles. The highest BCUT2D eigenvalue weighted by Gasteiger charge is 2.24. The van der Waals surface area contributed by atoms with Gasteiger partial charge in [0.2, 0.25) is 11.8 Å². The van der Waals surface area contributed by atoms with E-state index in [0.29, 0.717) is 6.54 Å². The zero-order chi connectivity index (χ0) is 10.6. The molecule has 1 atom stereocenters. The number of carbonyl (C=O) groups is 2. The normalized spacial score (nSPS) is 23.3. The Morgan fingerprint density at radius 2 is 2.07 bits per heavy atom. The van der Waals surface area contributed by atoms with Crippen molar-refractivity contribution < 1.29 is 9.59 Å². The van der Waals surface area contributed by atoms with Crippen molar-refractivity contribution in [2.45, 2.75) is 12.5 Å². The average Bonchev–Trinajstić information content (AvgIpc) is 2.06. The molecule has 0 aliphatic carbocycles. The zero-order valence-corrected chi connectivity index (χ0v) is 8.03. The Bertz CT molecular complexity index is 207. The molecule has 0 saturated carbocycles. The quantitative estimate of drug-likeness (QED) is 0.471. The van der Waals surface area contributed by atoms with Gasteiger partial charge in [0.1, 0.15) is 0 Å². The van der Waals surface area contributed by atoms with Crippen LogP contribution in [0.5, 0.6) is 0 Å². The van der Waals surface area contributed by atoms with Crippen LogP contribution in [0.3, 0.4) is 0 Å². The van der Waals surface area contributed by atoms with Gasteiger partial charge in [0.05, 0.1) is 6.54 Å². The average molecular weight is 200 g/mol. The van der Waals surface area contributed by atoms with Gasteiger partial charge in [0.25, 0.3) is 0 Å². The summed E-state index contributed by atoms with van der Waals surface area (Å²) in [5, 5.41) is 3.14. The van der Waals surface area contributed by atoms with Crippen molar-refractivity contribution in [1.29, 1.82) is 0 Å². The number of piperazine rings is 1. The SMILES string of the molecule is NC(=O)CC1CNCCN1CC(N)=O. The third kappa shape index (κ3) is 3.31. The molecule has 0 radical (unpaired) electrons. The van der Waals surface area contributed by atoms with Gasteiger partial charge in [-0.15, -0.1) is 0 Å². The summed E-state index contributed by atoms with van der Waals surface area (Å²) in [5.41, 5.74) is 10.2. The number of hydrogen-bond acceptors (Lipinski definition) is 4. The van der Waals surface area contributed by atoms with Gasteiger partial charge in [-0.25, -0.2) is 0 Å². The van der Waals surface area contributed by atoms with Crippen molar-refractivity contribution in [3.63, 3.8) is 0 Å². The molecule has 1 rings (SSSR count). The lowest BCUT2D eigenvalue weighted by atomic mass is 10.1. The van der Waals surface area contributed by atoms with E-state index < -0.39 is 0 Å². The molecule has 5 N–H and O–H groups in total. The maximum atomic E-state index is 10.8. The lowest BCUT2D eigenvalue weighted by Crippen LogP contribution is -2.54. The topological polar surface area (TPSA) is 101 Å². The highest BCUT2D eigenvalue weighted by atomic mass is 16.1. The highest BCUT2D eigenvalue weighted by molar-refractivity contribution is 5.76. The molecule has 0 aromatic carbocycles. The number of nitrogens with two attached hydrogens (primary N) is 2. The Balaban J connectivity index is 2.49. The fourth-order valence-electron chi connectivity index (χ4n) is 1.64. The fourth-order valence-corrected chi connectivity index (χ4v) is 1.64. The van der Waals surface area contributed by atoms with Crippen LogP contribution in [0.1, 0.15) is 6.42 Å².